The number of hydrogen-bond acceptors (Lipinski definition) is 4. The Morgan fingerprint density at radius 1 is 1.25 bits per heavy atom. The summed E-state index contributed by atoms with van der Waals surface area (Å²) in [7, 11) is 0. The number of nitrogens with zero attached hydrogens (tertiary/aromatic N) is 1. The molecular weight excluding hydrogens is 430 g/mol. The summed E-state index contributed by atoms with van der Waals surface area (Å²) in [5.41, 5.74) is 0.694. The Morgan fingerprint density at radius 2 is 1.97 bits per heavy atom. The normalized spacial score (nSPS) is 21.4. The van der Waals surface area contributed by atoms with Crippen LogP contribution in [-0.2, 0) is 11.3 Å². The molecule has 0 spiro atoms. The van der Waals surface area contributed by atoms with Gasteiger partial charge in [-0.15, -0.1) is 0 Å². The number of rotatable bonds is 5. The number of aryl methyl sites for hydroxylation is 1. The summed E-state index contributed by atoms with van der Waals surface area (Å²) >= 11 is 0. The van der Waals surface area contributed by atoms with Crippen LogP contribution in [0.4, 0.5) is 17.6 Å². The lowest BCUT2D eigenvalue weighted by molar-refractivity contribution is -0.189. The van der Waals surface area contributed by atoms with Crippen LogP contribution in [0.5, 0.6) is 11.5 Å². The predicted octanol–water partition coefficient (Wildman–Crippen LogP) is 4.66. The average molecular weight is 453 g/mol. The number of carbonyl (C=O) groups excluding carboxylic acids is 1. The highest BCUT2D eigenvalue weighted by molar-refractivity contribution is 6.00. The quantitative estimate of drug-likeness (QED) is 0.619. The molecule has 2 aliphatic heterocycles. The summed E-state index contributed by atoms with van der Waals surface area (Å²) in [4.78, 5) is 14.8. The summed E-state index contributed by atoms with van der Waals surface area (Å²) in [5.74, 6) is -2.35. The third-order valence-electron chi connectivity index (χ3n) is 5.73. The fourth-order valence-electron chi connectivity index (χ4n) is 3.92. The maximum absolute atomic E-state index is 14.8. The first kappa shape index (κ1) is 22.4. The van der Waals surface area contributed by atoms with Gasteiger partial charge in [-0.3, -0.25) is 4.79 Å². The first-order chi connectivity index (χ1) is 15.1. The van der Waals surface area contributed by atoms with Gasteiger partial charge in [0, 0.05) is 6.54 Å². The highest BCUT2D eigenvalue weighted by atomic mass is 19.4. The van der Waals surface area contributed by atoms with E-state index in [0.29, 0.717) is 13.0 Å². The number of amides is 1. The number of alkyl halides is 3. The van der Waals surface area contributed by atoms with Crippen molar-refractivity contribution in [3.05, 3.63) is 58.9 Å². The van der Waals surface area contributed by atoms with Crippen LogP contribution in [0.2, 0.25) is 0 Å². The van der Waals surface area contributed by atoms with Crippen LogP contribution < -0.4 is 9.47 Å². The topological polar surface area (TPSA) is 48.0 Å². The molecule has 2 aromatic rings. The second-order valence-electron chi connectivity index (χ2n) is 8.09. The van der Waals surface area contributed by atoms with Crippen LogP contribution in [0.1, 0.15) is 34.8 Å². The van der Waals surface area contributed by atoms with Crippen LogP contribution in [0.3, 0.4) is 0 Å². The van der Waals surface area contributed by atoms with Crippen molar-refractivity contribution in [1.29, 1.82) is 0 Å². The van der Waals surface area contributed by atoms with Gasteiger partial charge in [0.25, 0.3) is 5.91 Å². The number of benzene rings is 2. The molecule has 172 valence electrons. The fourth-order valence-corrected chi connectivity index (χ4v) is 3.92. The smallest absolute Gasteiger partial charge is 0.425 e. The van der Waals surface area contributed by atoms with E-state index < -0.39 is 29.8 Å². The number of ether oxygens (including phenoxy) is 3. The molecule has 5 nitrogen and oxygen atoms in total. The zero-order valence-corrected chi connectivity index (χ0v) is 17.6. The summed E-state index contributed by atoms with van der Waals surface area (Å²) < 4.78 is 70.7. The Balaban J connectivity index is 1.58. The zero-order valence-electron chi connectivity index (χ0n) is 17.6. The van der Waals surface area contributed by atoms with E-state index in [1.54, 1.807) is 0 Å². The van der Waals surface area contributed by atoms with Gasteiger partial charge in [-0.1, -0.05) is 30.3 Å². The highest BCUT2D eigenvalue weighted by Gasteiger charge is 2.44. The summed E-state index contributed by atoms with van der Waals surface area (Å²) in [6.07, 6.45) is -6.79. The van der Waals surface area contributed by atoms with Gasteiger partial charge < -0.3 is 19.1 Å². The van der Waals surface area contributed by atoms with Crippen molar-refractivity contribution in [2.75, 3.05) is 13.2 Å². The minimum absolute atomic E-state index is 0.0226. The molecule has 1 saturated heterocycles. The summed E-state index contributed by atoms with van der Waals surface area (Å²) in [6, 6.07) is 10.5. The standard InChI is InChI=1S/C23H23F4NO4/c1-13-8-18-19(21(20(13)24)32-14(2)23(25,26)27)22(29)28-10-17(9-16(28)12-31-18)30-11-15-6-4-3-5-7-15/h3-8,14,16-17H,9-12H2,1-2H3/t14-,16-,17+/m1/s1. The highest BCUT2D eigenvalue weighted by Crippen LogP contribution is 2.40. The molecule has 0 unspecified atom stereocenters. The van der Waals surface area contributed by atoms with E-state index in [2.05, 4.69) is 0 Å². The maximum atomic E-state index is 14.8. The van der Waals surface area contributed by atoms with Gasteiger partial charge in [-0.2, -0.15) is 13.2 Å². The predicted molar refractivity (Wildman–Crippen MR) is 107 cm³/mol. The summed E-state index contributed by atoms with van der Waals surface area (Å²) in [6.45, 7) is 2.87. The monoisotopic (exact) mass is 453 g/mol. The molecule has 0 aromatic heterocycles. The van der Waals surface area contributed by atoms with Gasteiger partial charge in [0.2, 0.25) is 0 Å². The Labute approximate surface area is 182 Å². The van der Waals surface area contributed by atoms with E-state index in [1.807, 2.05) is 30.3 Å². The molecule has 0 radical (unpaired) electrons. The minimum Gasteiger partial charge on any atom is -0.490 e. The number of fused-ring (bicyclic) bond motifs is 2. The molecule has 3 atom stereocenters. The van der Waals surface area contributed by atoms with E-state index in [-0.39, 0.29) is 42.2 Å². The lowest BCUT2D eigenvalue weighted by Gasteiger charge is -2.23. The minimum atomic E-state index is -4.72. The van der Waals surface area contributed by atoms with Crippen molar-refractivity contribution < 1.29 is 36.6 Å². The van der Waals surface area contributed by atoms with E-state index in [1.165, 1.54) is 17.9 Å². The molecule has 0 bridgehead atoms. The Morgan fingerprint density at radius 3 is 2.66 bits per heavy atom. The molecule has 4 rings (SSSR count). The van der Waals surface area contributed by atoms with Crippen molar-refractivity contribution in [2.45, 2.75) is 51.3 Å². The van der Waals surface area contributed by atoms with Crippen LogP contribution in [0.15, 0.2) is 36.4 Å². The van der Waals surface area contributed by atoms with Crippen LogP contribution in [0.25, 0.3) is 0 Å². The van der Waals surface area contributed by atoms with E-state index in [4.69, 9.17) is 14.2 Å². The second-order valence-corrected chi connectivity index (χ2v) is 8.09. The second kappa shape index (κ2) is 8.61. The van der Waals surface area contributed by atoms with Crippen molar-refractivity contribution in [3.63, 3.8) is 0 Å². The third-order valence-corrected chi connectivity index (χ3v) is 5.73. The fraction of sp³-hybridized carbons (Fsp3) is 0.435. The molecule has 2 heterocycles. The Kier molecular flexibility index (Phi) is 6.03. The van der Waals surface area contributed by atoms with Gasteiger partial charge in [0.05, 0.1) is 18.8 Å². The van der Waals surface area contributed by atoms with E-state index in [9.17, 15) is 22.4 Å². The molecule has 2 aromatic carbocycles. The average Bonchev–Trinajstić information content (AvgIpc) is 3.12. The van der Waals surface area contributed by atoms with Crippen LogP contribution in [-0.4, -0.2) is 48.4 Å². The molecule has 1 amide bonds. The molecule has 9 heteroatoms. The maximum Gasteiger partial charge on any atom is 0.425 e. The van der Waals surface area contributed by atoms with Crippen molar-refractivity contribution in [1.82, 2.24) is 4.90 Å². The molecule has 0 N–H and O–H groups in total. The first-order valence-electron chi connectivity index (χ1n) is 10.3. The SMILES string of the molecule is Cc1cc2c(c(O[C@H](C)C(F)(F)F)c1F)C(=O)N1C[C@@H](OCc3ccccc3)C[C@@H]1CO2. The van der Waals surface area contributed by atoms with Crippen molar-refractivity contribution in [2.24, 2.45) is 0 Å². The Bertz CT molecular complexity index is 996. The van der Waals surface area contributed by atoms with Crippen molar-refractivity contribution in [3.8, 4) is 11.5 Å². The molecule has 2 aliphatic rings. The van der Waals surface area contributed by atoms with Gasteiger partial charge in [-0.25, -0.2) is 4.39 Å². The lowest BCUT2D eigenvalue weighted by Crippen LogP contribution is -2.38. The van der Waals surface area contributed by atoms with E-state index >= 15 is 0 Å². The zero-order chi connectivity index (χ0) is 23.0. The van der Waals surface area contributed by atoms with Gasteiger partial charge >= 0.3 is 6.18 Å². The molecule has 0 aliphatic carbocycles. The Hall–Kier alpha value is -2.81. The lowest BCUT2D eigenvalue weighted by atomic mass is 10.1. The largest absolute Gasteiger partial charge is 0.490 e. The number of hydrogen-bond donors (Lipinski definition) is 0. The van der Waals surface area contributed by atoms with Crippen molar-refractivity contribution >= 4 is 5.91 Å². The molecule has 0 saturated carbocycles. The summed E-state index contributed by atoms with van der Waals surface area (Å²) in [5, 5.41) is 0. The van der Waals surface area contributed by atoms with Gasteiger partial charge in [0.15, 0.2) is 17.7 Å². The number of halogens is 4. The first-order valence-corrected chi connectivity index (χ1v) is 10.3. The molecule has 1 fully saturated rings. The van der Waals surface area contributed by atoms with Crippen LogP contribution in [0, 0.1) is 12.7 Å². The molecule has 32 heavy (non-hydrogen) atoms. The third kappa shape index (κ3) is 4.39. The molecular formula is C23H23F4NO4. The van der Waals surface area contributed by atoms with Gasteiger partial charge in [-0.05, 0) is 37.5 Å². The number of carbonyl (C=O) groups is 1. The van der Waals surface area contributed by atoms with Gasteiger partial charge in [0.1, 0.15) is 17.9 Å². The van der Waals surface area contributed by atoms with E-state index in [0.717, 1.165) is 12.5 Å². The van der Waals surface area contributed by atoms with Crippen LogP contribution >= 0.6 is 0 Å².